The van der Waals surface area contributed by atoms with Crippen molar-refractivity contribution in [3.63, 3.8) is 0 Å². The van der Waals surface area contributed by atoms with Crippen LogP contribution in [0.3, 0.4) is 0 Å². The summed E-state index contributed by atoms with van der Waals surface area (Å²) in [6, 6.07) is 15.8. The molecule has 3 rings (SSSR count). The van der Waals surface area contributed by atoms with Gasteiger partial charge in [-0.2, -0.15) is 0 Å². The highest BCUT2D eigenvalue weighted by molar-refractivity contribution is 9.09. The van der Waals surface area contributed by atoms with Gasteiger partial charge in [-0.1, -0.05) is 72.2 Å². The van der Waals surface area contributed by atoms with Crippen molar-refractivity contribution >= 4 is 15.9 Å². The summed E-state index contributed by atoms with van der Waals surface area (Å²) in [4.78, 5) is 0.439. The van der Waals surface area contributed by atoms with Crippen LogP contribution in [0.25, 0.3) is 0 Å². The van der Waals surface area contributed by atoms with Gasteiger partial charge in [-0.3, -0.25) is 0 Å². The van der Waals surface area contributed by atoms with Crippen molar-refractivity contribution in [2.45, 2.75) is 43.9 Å². The zero-order chi connectivity index (χ0) is 14.1. The number of hydrogen-bond donors (Lipinski definition) is 0. The van der Waals surface area contributed by atoms with E-state index in [1.54, 1.807) is 0 Å². The first-order valence-electron chi connectivity index (χ1n) is 7.58. The van der Waals surface area contributed by atoms with Crippen LogP contribution in [0.2, 0.25) is 0 Å². The molecule has 2 aromatic rings. The van der Waals surface area contributed by atoms with Crippen LogP contribution in [0.4, 0.5) is 0 Å². The smallest absolute Gasteiger partial charge is 0.0467 e. The summed E-state index contributed by atoms with van der Waals surface area (Å²) in [5, 5.41) is 0. The third-order valence-corrected chi connectivity index (χ3v) is 5.73. The molecule has 0 radical (unpaired) electrons. The van der Waals surface area contributed by atoms with E-state index in [1.807, 2.05) is 0 Å². The Morgan fingerprint density at radius 2 is 1.80 bits per heavy atom. The Bertz CT molecular complexity index is 615. The van der Waals surface area contributed by atoms with Gasteiger partial charge in [0.15, 0.2) is 0 Å². The van der Waals surface area contributed by atoms with Crippen LogP contribution in [-0.4, -0.2) is 0 Å². The number of fused-ring (bicyclic) bond motifs is 1. The summed E-state index contributed by atoms with van der Waals surface area (Å²) in [5.41, 5.74) is 7.46. The van der Waals surface area contributed by atoms with E-state index in [9.17, 15) is 0 Å². The fourth-order valence-electron chi connectivity index (χ4n) is 3.28. The molecule has 0 saturated carbocycles. The summed E-state index contributed by atoms with van der Waals surface area (Å²) in [5.74, 6) is 0.628. The third-order valence-electron chi connectivity index (χ3n) is 4.56. The molecule has 1 heteroatoms. The molecule has 0 nitrogen and oxygen atoms in total. The summed E-state index contributed by atoms with van der Waals surface area (Å²) in [6.07, 6.45) is 3.45. The molecule has 0 amide bonds. The zero-order valence-corrected chi connectivity index (χ0v) is 13.8. The van der Waals surface area contributed by atoms with E-state index in [-0.39, 0.29) is 0 Å². The lowest BCUT2D eigenvalue weighted by molar-refractivity contribution is 0.599. The first-order valence-corrected chi connectivity index (χ1v) is 8.49. The van der Waals surface area contributed by atoms with Gasteiger partial charge in [-0.15, -0.1) is 0 Å². The van der Waals surface area contributed by atoms with Gasteiger partial charge < -0.3 is 0 Å². The minimum absolute atomic E-state index is 0.439. The Labute approximate surface area is 130 Å². The molecule has 104 valence electrons. The fourth-order valence-corrected chi connectivity index (χ4v) is 4.04. The van der Waals surface area contributed by atoms with Crippen molar-refractivity contribution in [2.75, 3.05) is 0 Å². The number of benzene rings is 2. The Balaban J connectivity index is 1.87. The largest absolute Gasteiger partial charge is 0.0832 e. The molecule has 0 heterocycles. The molecule has 2 unspecified atom stereocenters. The van der Waals surface area contributed by atoms with E-state index >= 15 is 0 Å². The van der Waals surface area contributed by atoms with E-state index in [0.29, 0.717) is 10.7 Å². The van der Waals surface area contributed by atoms with Crippen LogP contribution >= 0.6 is 15.9 Å². The third kappa shape index (κ3) is 2.33. The van der Waals surface area contributed by atoms with Crippen LogP contribution < -0.4 is 0 Å². The fraction of sp³-hybridized carbons (Fsp3) is 0.368. The van der Waals surface area contributed by atoms with E-state index in [1.165, 1.54) is 34.2 Å². The average molecular weight is 329 g/mol. The zero-order valence-electron chi connectivity index (χ0n) is 12.2. The first-order chi connectivity index (χ1) is 9.74. The van der Waals surface area contributed by atoms with E-state index < -0.39 is 0 Å². The monoisotopic (exact) mass is 328 g/mol. The van der Waals surface area contributed by atoms with Gasteiger partial charge in [-0.25, -0.2) is 0 Å². The molecule has 0 N–H and O–H groups in total. The topological polar surface area (TPSA) is 0 Å². The summed E-state index contributed by atoms with van der Waals surface area (Å²) in [6.45, 7) is 4.49. The van der Waals surface area contributed by atoms with Crippen LogP contribution in [-0.2, 0) is 19.3 Å². The molecule has 2 atom stereocenters. The number of aryl methyl sites for hydroxylation is 2. The van der Waals surface area contributed by atoms with Crippen LogP contribution in [0.5, 0.6) is 0 Å². The van der Waals surface area contributed by atoms with E-state index in [2.05, 4.69) is 72.2 Å². The Kier molecular flexibility index (Phi) is 3.98. The number of alkyl halides is 1. The maximum atomic E-state index is 3.94. The number of hydrogen-bond acceptors (Lipinski definition) is 0. The molecule has 0 aromatic heterocycles. The molecule has 2 aromatic carbocycles. The second kappa shape index (κ2) is 5.73. The lowest BCUT2D eigenvalue weighted by Gasteiger charge is -2.34. The molecule has 0 saturated heterocycles. The highest BCUT2D eigenvalue weighted by Gasteiger charge is 2.32. The predicted octanol–water partition coefficient (Wildman–Crippen LogP) is 5.59. The van der Waals surface area contributed by atoms with Gasteiger partial charge in [0.25, 0.3) is 0 Å². The predicted molar refractivity (Wildman–Crippen MR) is 89.8 cm³/mol. The van der Waals surface area contributed by atoms with Crippen molar-refractivity contribution < 1.29 is 0 Å². The van der Waals surface area contributed by atoms with Gasteiger partial charge in [0.1, 0.15) is 0 Å². The molecule has 20 heavy (non-hydrogen) atoms. The maximum Gasteiger partial charge on any atom is 0.0467 e. The number of halogens is 1. The van der Waals surface area contributed by atoms with Crippen molar-refractivity contribution in [3.05, 3.63) is 70.3 Å². The van der Waals surface area contributed by atoms with Gasteiger partial charge in [0.2, 0.25) is 0 Å². The van der Waals surface area contributed by atoms with E-state index in [4.69, 9.17) is 0 Å². The SMILES string of the molecule is CCc1ccc(C(Br)C2Cc3ccccc32)cc1CC. The summed E-state index contributed by atoms with van der Waals surface area (Å²) in [7, 11) is 0. The quantitative estimate of drug-likeness (QED) is 0.642. The highest BCUT2D eigenvalue weighted by Crippen LogP contribution is 2.47. The number of rotatable bonds is 4. The highest BCUT2D eigenvalue weighted by atomic mass is 79.9. The van der Waals surface area contributed by atoms with Gasteiger partial charge in [0.05, 0.1) is 0 Å². The van der Waals surface area contributed by atoms with Crippen molar-refractivity contribution in [1.82, 2.24) is 0 Å². The first kappa shape index (κ1) is 13.9. The van der Waals surface area contributed by atoms with Gasteiger partial charge >= 0.3 is 0 Å². The average Bonchev–Trinajstić information content (AvgIpc) is 2.47. The second-order valence-electron chi connectivity index (χ2n) is 5.65. The molecule has 1 aliphatic carbocycles. The maximum absolute atomic E-state index is 3.94. The summed E-state index contributed by atoms with van der Waals surface area (Å²) < 4.78 is 0. The minimum atomic E-state index is 0.439. The van der Waals surface area contributed by atoms with Crippen LogP contribution in [0, 0.1) is 0 Å². The Hall–Kier alpha value is -1.08. The Morgan fingerprint density at radius 3 is 2.50 bits per heavy atom. The summed E-state index contributed by atoms with van der Waals surface area (Å²) >= 11 is 3.94. The molecule has 0 aliphatic heterocycles. The lowest BCUT2D eigenvalue weighted by atomic mass is 9.74. The van der Waals surface area contributed by atoms with Crippen molar-refractivity contribution in [2.24, 2.45) is 0 Å². The normalized spacial score (nSPS) is 18.2. The van der Waals surface area contributed by atoms with Gasteiger partial charge in [0, 0.05) is 10.7 Å². The van der Waals surface area contributed by atoms with Crippen molar-refractivity contribution in [1.29, 1.82) is 0 Å². The molecule has 1 aliphatic rings. The second-order valence-corrected chi connectivity index (χ2v) is 6.63. The van der Waals surface area contributed by atoms with Crippen LogP contribution in [0.1, 0.15) is 52.4 Å². The standard InChI is InChI=1S/C19H21Br/c1-3-13-9-10-16(11-14(13)4-2)19(20)18-12-15-7-5-6-8-17(15)18/h5-11,18-19H,3-4,12H2,1-2H3. The molecule has 0 fully saturated rings. The Morgan fingerprint density at radius 1 is 1.05 bits per heavy atom. The molecule has 0 bridgehead atoms. The molecule has 0 spiro atoms. The minimum Gasteiger partial charge on any atom is -0.0832 e. The van der Waals surface area contributed by atoms with E-state index in [0.717, 1.165) is 12.8 Å². The van der Waals surface area contributed by atoms with Crippen LogP contribution in [0.15, 0.2) is 42.5 Å². The molecular formula is C19H21Br. The molecular weight excluding hydrogens is 308 g/mol. The van der Waals surface area contributed by atoms with Gasteiger partial charge in [-0.05, 0) is 47.1 Å². The lowest BCUT2D eigenvalue weighted by Crippen LogP contribution is -2.20. The van der Waals surface area contributed by atoms with Crippen molar-refractivity contribution in [3.8, 4) is 0 Å².